The largest absolute Gasteiger partial charge is 0.480 e. The number of carboxylic acids is 1. The Hall–Kier alpha value is -1.28. The molecule has 0 aromatic rings. The van der Waals surface area contributed by atoms with Crippen LogP contribution in [0.3, 0.4) is 0 Å². The van der Waals surface area contributed by atoms with Crippen LogP contribution in [-0.2, 0) is 14.4 Å². The zero-order chi connectivity index (χ0) is 16.7. The first-order valence-corrected chi connectivity index (χ1v) is 8.75. The van der Waals surface area contributed by atoms with Crippen molar-refractivity contribution < 1.29 is 24.6 Å². The SMILES string of the molecule is CSCCC(NC(=O)[C@@H]1CCCN1C(=O)CC(C)O)C(=O)O. The summed E-state index contributed by atoms with van der Waals surface area (Å²) in [6, 6.07) is -1.57. The Labute approximate surface area is 134 Å². The smallest absolute Gasteiger partial charge is 0.326 e. The molecule has 2 unspecified atom stereocenters. The molecular formula is C14H24N2O5S. The summed E-state index contributed by atoms with van der Waals surface area (Å²) in [4.78, 5) is 36.9. The number of hydrogen-bond donors (Lipinski definition) is 3. The molecule has 0 aliphatic carbocycles. The first-order chi connectivity index (χ1) is 10.4. The number of nitrogens with zero attached hydrogens (tertiary/aromatic N) is 1. The first-order valence-electron chi connectivity index (χ1n) is 7.36. The van der Waals surface area contributed by atoms with Gasteiger partial charge in [0.25, 0.3) is 0 Å². The lowest BCUT2D eigenvalue weighted by molar-refractivity contribution is -0.144. The number of aliphatic carboxylic acids is 1. The van der Waals surface area contributed by atoms with Gasteiger partial charge in [-0.3, -0.25) is 9.59 Å². The number of hydrogen-bond acceptors (Lipinski definition) is 5. The van der Waals surface area contributed by atoms with E-state index in [-0.39, 0.29) is 12.3 Å². The number of likely N-dealkylation sites (tertiary alicyclic amines) is 1. The monoisotopic (exact) mass is 332 g/mol. The van der Waals surface area contributed by atoms with Crippen molar-refractivity contribution in [1.29, 1.82) is 0 Å². The third kappa shape index (κ3) is 5.49. The van der Waals surface area contributed by atoms with Gasteiger partial charge in [0.1, 0.15) is 12.1 Å². The number of rotatable bonds is 8. The van der Waals surface area contributed by atoms with Crippen molar-refractivity contribution in [2.24, 2.45) is 0 Å². The Kier molecular flexibility index (Phi) is 7.67. The van der Waals surface area contributed by atoms with Crippen LogP contribution >= 0.6 is 11.8 Å². The number of nitrogens with one attached hydrogen (secondary N) is 1. The van der Waals surface area contributed by atoms with Crippen molar-refractivity contribution in [3.05, 3.63) is 0 Å². The molecule has 1 rings (SSSR count). The Morgan fingerprint density at radius 3 is 2.64 bits per heavy atom. The highest BCUT2D eigenvalue weighted by Gasteiger charge is 2.35. The fourth-order valence-electron chi connectivity index (χ4n) is 2.47. The third-order valence-electron chi connectivity index (χ3n) is 3.57. The van der Waals surface area contributed by atoms with Crippen molar-refractivity contribution in [2.75, 3.05) is 18.6 Å². The van der Waals surface area contributed by atoms with E-state index in [4.69, 9.17) is 5.11 Å². The van der Waals surface area contributed by atoms with Crippen molar-refractivity contribution in [1.82, 2.24) is 10.2 Å². The first kappa shape index (κ1) is 18.8. The van der Waals surface area contributed by atoms with E-state index in [1.54, 1.807) is 0 Å². The van der Waals surface area contributed by atoms with Crippen LogP contribution in [0.25, 0.3) is 0 Å². The van der Waals surface area contributed by atoms with Gasteiger partial charge in [-0.25, -0.2) is 4.79 Å². The summed E-state index contributed by atoms with van der Waals surface area (Å²) in [5.74, 6) is -1.14. The lowest BCUT2D eigenvalue weighted by Gasteiger charge is -2.26. The number of aliphatic hydroxyl groups excluding tert-OH is 1. The normalized spacial score (nSPS) is 20.5. The summed E-state index contributed by atoms with van der Waals surface area (Å²) in [5, 5.41) is 21.0. The molecule has 1 heterocycles. The second kappa shape index (κ2) is 8.99. The Morgan fingerprint density at radius 2 is 2.09 bits per heavy atom. The predicted octanol–water partition coefficient (Wildman–Crippen LogP) is 0.0708. The minimum Gasteiger partial charge on any atom is -0.480 e. The molecule has 1 saturated heterocycles. The molecule has 2 amide bonds. The third-order valence-corrected chi connectivity index (χ3v) is 4.22. The molecule has 1 aliphatic heterocycles. The predicted molar refractivity (Wildman–Crippen MR) is 83.6 cm³/mol. The Balaban J connectivity index is 2.65. The van der Waals surface area contributed by atoms with E-state index >= 15 is 0 Å². The van der Waals surface area contributed by atoms with E-state index in [1.807, 2.05) is 6.26 Å². The van der Waals surface area contributed by atoms with E-state index < -0.39 is 30.1 Å². The summed E-state index contributed by atoms with van der Waals surface area (Å²) < 4.78 is 0. The summed E-state index contributed by atoms with van der Waals surface area (Å²) in [6.45, 7) is 1.98. The number of aliphatic hydroxyl groups is 1. The van der Waals surface area contributed by atoms with Gasteiger partial charge in [0.05, 0.1) is 12.5 Å². The van der Waals surface area contributed by atoms with Crippen molar-refractivity contribution in [3.8, 4) is 0 Å². The van der Waals surface area contributed by atoms with Crippen LogP contribution in [0.5, 0.6) is 0 Å². The van der Waals surface area contributed by atoms with E-state index in [2.05, 4.69) is 5.32 Å². The minimum absolute atomic E-state index is 0.0292. The summed E-state index contributed by atoms with van der Waals surface area (Å²) in [7, 11) is 0. The molecule has 3 atom stereocenters. The van der Waals surface area contributed by atoms with E-state index in [9.17, 15) is 19.5 Å². The maximum atomic E-state index is 12.3. The molecule has 8 heteroatoms. The number of thioether (sulfide) groups is 1. The zero-order valence-corrected chi connectivity index (χ0v) is 13.8. The van der Waals surface area contributed by atoms with Gasteiger partial charge >= 0.3 is 5.97 Å². The van der Waals surface area contributed by atoms with Crippen LogP contribution < -0.4 is 5.32 Å². The highest BCUT2D eigenvalue weighted by atomic mass is 32.2. The van der Waals surface area contributed by atoms with Crippen molar-refractivity contribution in [2.45, 2.75) is 50.8 Å². The summed E-state index contributed by atoms with van der Waals surface area (Å²) in [5.41, 5.74) is 0. The van der Waals surface area contributed by atoms with Crippen LogP contribution in [-0.4, -0.2) is 69.6 Å². The lowest BCUT2D eigenvalue weighted by atomic mass is 10.1. The fourth-order valence-corrected chi connectivity index (χ4v) is 2.94. The lowest BCUT2D eigenvalue weighted by Crippen LogP contribution is -2.51. The molecule has 0 radical (unpaired) electrons. The fraction of sp³-hybridized carbons (Fsp3) is 0.786. The van der Waals surface area contributed by atoms with Crippen molar-refractivity contribution in [3.63, 3.8) is 0 Å². The average Bonchev–Trinajstić information content (AvgIpc) is 2.91. The number of carboxylic acid groups (broad SMARTS) is 1. The highest BCUT2D eigenvalue weighted by Crippen LogP contribution is 2.19. The standard InChI is InChI=1S/C14H24N2O5S/c1-9(17)8-12(18)16-6-3-4-11(16)13(19)15-10(14(20)21)5-7-22-2/h9-11,17H,3-8H2,1-2H3,(H,15,19)(H,20,21)/t9?,10?,11-/m0/s1. The number of carbonyl (C=O) groups excluding carboxylic acids is 2. The molecule has 126 valence electrons. The van der Waals surface area contributed by atoms with Crippen LogP contribution in [0, 0.1) is 0 Å². The maximum Gasteiger partial charge on any atom is 0.326 e. The second-order valence-corrected chi connectivity index (χ2v) is 6.46. The van der Waals surface area contributed by atoms with Crippen LogP contribution in [0.15, 0.2) is 0 Å². The van der Waals surface area contributed by atoms with Crippen molar-refractivity contribution >= 4 is 29.5 Å². The zero-order valence-electron chi connectivity index (χ0n) is 12.9. The van der Waals surface area contributed by atoms with Crippen LogP contribution in [0.1, 0.15) is 32.6 Å². The molecule has 0 aromatic carbocycles. The average molecular weight is 332 g/mol. The van der Waals surface area contributed by atoms with E-state index in [1.165, 1.54) is 23.6 Å². The molecule has 7 nitrogen and oxygen atoms in total. The van der Waals surface area contributed by atoms with Gasteiger partial charge in [0, 0.05) is 6.54 Å². The maximum absolute atomic E-state index is 12.3. The Morgan fingerprint density at radius 1 is 1.41 bits per heavy atom. The van der Waals surface area contributed by atoms with Gasteiger partial charge in [-0.05, 0) is 38.2 Å². The molecular weight excluding hydrogens is 308 g/mol. The van der Waals surface area contributed by atoms with Gasteiger partial charge in [0.2, 0.25) is 11.8 Å². The topological polar surface area (TPSA) is 107 Å². The molecule has 0 bridgehead atoms. The van der Waals surface area contributed by atoms with Crippen LogP contribution in [0.4, 0.5) is 0 Å². The molecule has 1 fully saturated rings. The highest BCUT2D eigenvalue weighted by molar-refractivity contribution is 7.98. The minimum atomic E-state index is -1.07. The molecule has 22 heavy (non-hydrogen) atoms. The van der Waals surface area contributed by atoms with Gasteiger partial charge in [-0.2, -0.15) is 11.8 Å². The molecule has 3 N–H and O–H groups in total. The van der Waals surface area contributed by atoms with E-state index in [0.29, 0.717) is 31.6 Å². The molecule has 0 saturated carbocycles. The molecule has 1 aliphatic rings. The van der Waals surface area contributed by atoms with E-state index in [0.717, 1.165) is 0 Å². The van der Waals surface area contributed by atoms with Gasteiger partial charge in [0.15, 0.2) is 0 Å². The summed E-state index contributed by atoms with van der Waals surface area (Å²) in [6.07, 6.45) is 2.65. The summed E-state index contributed by atoms with van der Waals surface area (Å²) >= 11 is 1.51. The van der Waals surface area contributed by atoms with Gasteiger partial charge in [-0.1, -0.05) is 0 Å². The quantitative estimate of drug-likeness (QED) is 0.581. The van der Waals surface area contributed by atoms with Crippen LogP contribution in [0.2, 0.25) is 0 Å². The number of carbonyl (C=O) groups is 3. The number of amides is 2. The molecule has 0 aromatic heterocycles. The van der Waals surface area contributed by atoms with Gasteiger partial charge < -0.3 is 20.4 Å². The van der Waals surface area contributed by atoms with Gasteiger partial charge in [-0.15, -0.1) is 0 Å². The molecule has 0 spiro atoms. The second-order valence-electron chi connectivity index (χ2n) is 5.48. The Bertz CT molecular complexity index is 416.